The molecule has 4 aromatic rings. The van der Waals surface area contributed by atoms with Crippen LogP contribution in [0.5, 0.6) is 0 Å². The smallest absolute Gasteiger partial charge is 0.338 e. The number of carbonyl (C=O) groups excluding carboxylic acids is 1. The molecule has 65 heavy (non-hydrogen) atoms. The number of benzene rings is 4. The summed E-state index contributed by atoms with van der Waals surface area (Å²) in [6.45, 7) is 22.0. The molecule has 4 heterocycles. The van der Waals surface area contributed by atoms with Gasteiger partial charge >= 0.3 is 11.9 Å². The van der Waals surface area contributed by atoms with E-state index in [2.05, 4.69) is 94.1 Å². The third-order valence-corrected chi connectivity index (χ3v) is 13.6. The molecular weight excluding hydrogens is 821 g/mol. The third kappa shape index (κ3) is 12.3. The number of rotatable bonds is 14. The lowest BCUT2D eigenvalue weighted by molar-refractivity contribution is 0.0341. The highest BCUT2D eigenvalue weighted by Crippen LogP contribution is 2.36. The highest BCUT2D eigenvalue weighted by atomic mass is 16.5. The molecule has 4 aliphatic heterocycles. The second-order valence-electron chi connectivity index (χ2n) is 17.6. The lowest BCUT2D eigenvalue weighted by Gasteiger charge is -2.37. The zero-order valence-corrected chi connectivity index (χ0v) is 39.3. The van der Waals surface area contributed by atoms with Crippen molar-refractivity contribution in [3.05, 3.63) is 106 Å². The SMILES string of the molecule is CCN(c1cc(-c2ccc(CN3CCOCC3)cc2)cc(C(=O)O)c1C)C1CCOCC1.CCN(c1cc(-c2ccc(CN3CCOCC3)cc2)cc(C(=O)OC)c1C)C1CCOCC1. The predicted molar refractivity (Wildman–Crippen MR) is 257 cm³/mol. The Balaban J connectivity index is 0.000000194. The van der Waals surface area contributed by atoms with E-state index in [0.717, 1.165) is 176 Å². The van der Waals surface area contributed by atoms with Crippen LogP contribution in [0.4, 0.5) is 11.4 Å². The number of hydrogen-bond donors (Lipinski definition) is 1. The van der Waals surface area contributed by atoms with E-state index in [4.69, 9.17) is 23.7 Å². The number of carboxylic acid groups (broad SMARTS) is 1. The molecule has 0 radical (unpaired) electrons. The summed E-state index contributed by atoms with van der Waals surface area (Å²) < 4.78 is 27.2. The summed E-state index contributed by atoms with van der Waals surface area (Å²) in [5.41, 5.74) is 11.6. The number of esters is 1. The molecule has 0 atom stereocenters. The topological polar surface area (TPSA) is 113 Å². The summed E-state index contributed by atoms with van der Waals surface area (Å²) >= 11 is 0. The summed E-state index contributed by atoms with van der Waals surface area (Å²) in [5.74, 6) is -1.17. The fourth-order valence-electron chi connectivity index (χ4n) is 9.76. The van der Waals surface area contributed by atoms with E-state index in [0.29, 0.717) is 23.2 Å². The van der Waals surface area contributed by atoms with Gasteiger partial charge < -0.3 is 38.6 Å². The van der Waals surface area contributed by atoms with Crippen LogP contribution in [0.3, 0.4) is 0 Å². The normalized spacial score (nSPS) is 17.8. The number of methoxy groups -OCH3 is 1. The van der Waals surface area contributed by atoms with E-state index in [1.54, 1.807) is 0 Å². The van der Waals surface area contributed by atoms with Crippen LogP contribution in [0.2, 0.25) is 0 Å². The Morgan fingerprint density at radius 2 is 0.938 bits per heavy atom. The molecule has 0 unspecified atom stereocenters. The summed E-state index contributed by atoms with van der Waals surface area (Å²) in [4.78, 5) is 34.3. The summed E-state index contributed by atoms with van der Waals surface area (Å²) in [6, 6.07) is 26.2. The third-order valence-electron chi connectivity index (χ3n) is 13.6. The molecule has 350 valence electrons. The highest BCUT2D eigenvalue weighted by Gasteiger charge is 2.27. The summed E-state index contributed by atoms with van der Waals surface area (Å²) in [5, 5.41) is 9.90. The molecule has 8 rings (SSSR count). The zero-order chi connectivity index (χ0) is 45.7. The molecule has 0 aromatic heterocycles. The second kappa shape index (κ2) is 23.6. The molecule has 12 heteroatoms. The minimum Gasteiger partial charge on any atom is -0.478 e. The van der Waals surface area contributed by atoms with Gasteiger partial charge in [0.25, 0.3) is 0 Å². The zero-order valence-electron chi connectivity index (χ0n) is 39.3. The van der Waals surface area contributed by atoms with Crippen molar-refractivity contribution < 1.29 is 38.4 Å². The number of carboxylic acids is 1. The van der Waals surface area contributed by atoms with Gasteiger partial charge in [0, 0.05) is 102 Å². The van der Waals surface area contributed by atoms with E-state index >= 15 is 0 Å². The number of hydrogen-bond acceptors (Lipinski definition) is 11. The molecule has 0 saturated carbocycles. The van der Waals surface area contributed by atoms with E-state index < -0.39 is 5.97 Å². The lowest BCUT2D eigenvalue weighted by Crippen LogP contribution is -2.40. The molecule has 0 spiro atoms. The van der Waals surface area contributed by atoms with Gasteiger partial charge in [0.05, 0.1) is 44.7 Å². The Morgan fingerprint density at radius 1 is 0.569 bits per heavy atom. The average Bonchev–Trinajstić information content (AvgIpc) is 3.35. The van der Waals surface area contributed by atoms with Gasteiger partial charge in [-0.15, -0.1) is 0 Å². The molecule has 1 N–H and O–H groups in total. The van der Waals surface area contributed by atoms with Crippen LogP contribution in [-0.4, -0.2) is 138 Å². The lowest BCUT2D eigenvalue weighted by atomic mass is 9.95. The van der Waals surface area contributed by atoms with E-state index in [1.165, 1.54) is 18.2 Å². The van der Waals surface area contributed by atoms with Crippen molar-refractivity contribution in [3.63, 3.8) is 0 Å². The maximum absolute atomic E-state index is 12.7. The van der Waals surface area contributed by atoms with Crippen LogP contribution >= 0.6 is 0 Å². The molecule has 12 nitrogen and oxygen atoms in total. The first-order valence-corrected chi connectivity index (χ1v) is 23.8. The first-order valence-electron chi connectivity index (χ1n) is 23.8. The van der Waals surface area contributed by atoms with Crippen LogP contribution in [0, 0.1) is 13.8 Å². The van der Waals surface area contributed by atoms with Gasteiger partial charge in [-0.1, -0.05) is 48.5 Å². The maximum atomic E-state index is 12.7. The van der Waals surface area contributed by atoms with Gasteiger partial charge in [-0.05, 0) is 122 Å². The van der Waals surface area contributed by atoms with E-state index in [9.17, 15) is 14.7 Å². The van der Waals surface area contributed by atoms with Crippen molar-refractivity contribution in [2.45, 2.75) is 78.6 Å². The van der Waals surface area contributed by atoms with Crippen molar-refractivity contribution in [2.75, 3.05) is 109 Å². The Hall–Kier alpha value is -4.82. The van der Waals surface area contributed by atoms with Gasteiger partial charge in [0.1, 0.15) is 0 Å². The quantitative estimate of drug-likeness (QED) is 0.123. The van der Waals surface area contributed by atoms with Crippen LogP contribution in [0.15, 0.2) is 72.8 Å². The molecule has 4 aliphatic rings. The summed E-state index contributed by atoms with van der Waals surface area (Å²) in [6.07, 6.45) is 3.94. The number of aromatic carboxylic acids is 1. The highest BCUT2D eigenvalue weighted by molar-refractivity contribution is 5.95. The number of carbonyl (C=O) groups is 2. The number of morpholine rings is 2. The average molecular weight is 891 g/mol. The van der Waals surface area contributed by atoms with E-state index in [-0.39, 0.29) is 5.97 Å². The van der Waals surface area contributed by atoms with Gasteiger partial charge in [0.15, 0.2) is 0 Å². The fraction of sp³-hybridized carbons (Fsp3) is 0.509. The number of ether oxygens (including phenoxy) is 5. The van der Waals surface area contributed by atoms with Gasteiger partial charge in [0.2, 0.25) is 0 Å². The maximum Gasteiger partial charge on any atom is 0.338 e. The predicted octanol–water partition coefficient (Wildman–Crippen LogP) is 8.48. The molecule has 0 aliphatic carbocycles. The van der Waals surface area contributed by atoms with Crippen molar-refractivity contribution in [3.8, 4) is 22.3 Å². The Morgan fingerprint density at radius 3 is 1.31 bits per heavy atom. The van der Waals surface area contributed by atoms with Crippen LogP contribution in [0.25, 0.3) is 22.3 Å². The molecule has 0 bridgehead atoms. The van der Waals surface area contributed by atoms with Crippen molar-refractivity contribution in [1.82, 2.24) is 9.80 Å². The Bertz CT molecular complexity index is 2160. The minimum atomic E-state index is -0.877. The standard InChI is InChI=1S/C27H36N2O4.C26H34N2O4/c1-4-29(24-9-13-32-14-10-24)26-18-23(17-25(20(26)2)27(30)31-3)22-7-5-21(6-8-22)19-28-11-15-33-16-12-28;1-3-28(23-8-12-31-13-9-23)25-17-22(16-24(19(25)2)26(29)30)21-6-4-20(5-7-21)18-27-10-14-32-15-11-27/h5-8,17-18,24H,4,9-16,19H2,1-3H3;4-7,16-17,23H,3,8-15,18H2,1-2H3,(H,29,30). The number of nitrogens with zero attached hydrogens (tertiary/aromatic N) is 4. The summed E-state index contributed by atoms with van der Waals surface area (Å²) in [7, 11) is 1.45. The first kappa shape index (κ1) is 48.1. The largest absolute Gasteiger partial charge is 0.478 e. The van der Waals surface area contributed by atoms with Crippen molar-refractivity contribution >= 4 is 23.3 Å². The molecule has 4 aromatic carbocycles. The minimum absolute atomic E-state index is 0.289. The van der Waals surface area contributed by atoms with Crippen molar-refractivity contribution in [1.29, 1.82) is 0 Å². The van der Waals surface area contributed by atoms with Crippen LogP contribution in [-0.2, 0) is 36.8 Å². The second-order valence-corrected chi connectivity index (χ2v) is 17.6. The van der Waals surface area contributed by atoms with Crippen LogP contribution in [0.1, 0.15) is 82.5 Å². The first-order chi connectivity index (χ1) is 31.7. The fourth-order valence-corrected chi connectivity index (χ4v) is 9.76. The van der Waals surface area contributed by atoms with Crippen molar-refractivity contribution in [2.24, 2.45) is 0 Å². The monoisotopic (exact) mass is 891 g/mol. The number of anilines is 2. The molecular formula is C53H70N4O8. The van der Waals surface area contributed by atoms with Gasteiger partial charge in [-0.2, -0.15) is 0 Å². The molecule has 0 amide bonds. The van der Waals surface area contributed by atoms with Gasteiger partial charge in [-0.3, -0.25) is 9.80 Å². The molecule has 4 fully saturated rings. The Kier molecular flexibility index (Phi) is 17.5. The van der Waals surface area contributed by atoms with Crippen LogP contribution < -0.4 is 9.80 Å². The van der Waals surface area contributed by atoms with E-state index in [1.807, 2.05) is 26.0 Å². The Labute approximate surface area is 386 Å². The van der Waals surface area contributed by atoms with Gasteiger partial charge in [-0.25, -0.2) is 9.59 Å². The molecule has 4 saturated heterocycles.